The highest BCUT2D eigenvalue weighted by atomic mass is 79.9. The first-order chi connectivity index (χ1) is 4.74. The summed E-state index contributed by atoms with van der Waals surface area (Å²) in [6.07, 6.45) is 5.07. The van der Waals surface area contributed by atoms with Crippen molar-refractivity contribution < 1.29 is 4.39 Å². The third-order valence-electron chi connectivity index (χ3n) is 1.08. The molecule has 0 fully saturated rings. The van der Waals surface area contributed by atoms with E-state index in [4.69, 9.17) is 6.42 Å². The molecule has 0 heterocycles. The van der Waals surface area contributed by atoms with Crippen LogP contribution in [0.25, 0.3) is 0 Å². The molecule has 1 aromatic rings. The summed E-state index contributed by atoms with van der Waals surface area (Å²) in [5, 5.41) is 0. The molecule has 1 aromatic carbocycles. The molecule has 2 heteroatoms. The molecule has 1 rings (SSSR count). The predicted molar refractivity (Wildman–Crippen MR) is 42.0 cm³/mol. The second-order valence-electron chi connectivity index (χ2n) is 1.77. The van der Waals surface area contributed by atoms with Gasteiger partial charge in [-0.2, -0.15) is 0 Å². The maximum Gasteiger partial charge on any atom is 0.124 e. The molecule has 0 unspecified atom stereocenters. The first kappa shape index (κ1) is 7.30. The summed E-state index contributed by atoms with van der Waals surface area (Å²) < 4.78 is 13.2. The molecule has 0 aromatic heterocycles. The largest absolute Gasteiger partial charge is 0.207 e. The highest BCUT2D eigenvalue weighted by Crippen LogP contribution is 2.15. The van der Waals surface area contributed by atoms with Gasteiger partial charge in [-0.15, -0.1) is 6.42 Å². The summed E-state index contributed by atoms with van der Waals surface area (Å²) in [5.41, 5.74) is 0.542. The lowest BCUT2D eigenvalue weighted by molar-refractivity contribution is 0.627. The Morgan fingerprint density at radius 1 is 1.50 bits per heavy atom. The number of rotatable bonds is 0. The van der Waals surface area contributed by atoms with E-state index in [0.717, 1.165) is 4.47 Å². The fourth-order valence-corrected chi connectivity index (χ4v) is 0.969. The third kappa shape index (κ3) is 1.37. The maximum absolute atomic E-state index is 12.4. The smallest absolute Gasteiger partial charge is 0.124 e. The normalized spacial score (nSPS) is 8.90. The molecule has 0 N–H and O–H groups in total. The molecule has 0 aliphatic rings. The van der Waals surface area contributed by atoms with Crippen molar-refractivity contribution in [1.29, 1.82) is 0 Å². The number of benzene rings is 1. The molecular formula is C8H4BrF. The van der Waals surface area contributed by atoms with Crippen LogP contribution in [-0.2, 0) is 0 Å². The van der Waals surface area contributed by atoms with Crippen molar-refractivity contribution in [2.75, 3.05) is 0 Å². The molecule has 0 amide bonds. The zero-order valence-electron chi connectivity index (χ0n) is 5.07. The monoisotopic (exact) mass is 198 g/mol. The van der Waals surface area contributed by atoms with Gasteiger partial charge in [-0.25, -0.2) is 4.39 Å². The number of hydrogen-bond acceptors (Lipinski definition) is 0. The molecule has 0 saturated heterocycles. The van der Waals surface area contributed by atoms with Crippen LogP contribution < -0.4 is 0 Å². The molecule has 0 nitrogen and oxygen atoms in total. The molecule has 0 saturated carbocycles. The van der Waals surface area contributed by atoms with E-state index >= 15 is 0 Å². The Balaban J connectivity index is 3.25. The van der Waals surface area contributed by atoms with Crippen LogP contribution in [0.2, 0.25) is 0 Å². The van der Waals surface area contributed by atoms with E-state index in [1.807, 2.05) is 0 Å². The van der Waals surface area contributed by atoms with E-state index in [2.05, 4.69) is 21.9 Å². The Kier molecular flexibility index (Phi) is 2.08. The SMILES string of the molecule is C#Cc1cc(F)ccc1Br. The number of halogens is 2. The van der Waals surface area contributed by atoms with Crippen molar-refractivity contribution in [3.63, 3.8) is 0 Å². The van der Waals surface area contributed by atoms with Crippen molar-refractivity contribution in [3.8, 4) is 12.3 Å². The van der Waals surface area contributed by atoms with E-state index in [1.165, 1.54) is 12.1 Å². The first-order valence-electron chi connectivity index (χ1n) is 2.65. The highest BCUT2D eigenvalue weighted by molar-refractivity contribution is 9.10. The lowest BCUT2D eigenvalue weighted by Gasteiger charge is -1.93. The molecule has 0 bridgehead atoms. The average molecular weight is 199 g/mol. The minimum Gasteiger partial charge on any atom is -0.207 e. The quantitative estimate of drug-likeness (QED) is 0.563. The van der Waals surface area contributed by atoms with Crippen molar-refractivity contribution in [2.24, 2.45) is 0 Å². The fraction of sp³-hybridized carbons (Fsp3) is 0. The summed E-state index contributed by atoms with van der Waals surface area (Å²) in [6.45, 7) is 0. The van der Waals surface area contributed by atoms with E-state index in [0.29, 0.717) is 5.56 Å². The number of hydrogen-bond donors (Lipinski definition) is 0. The average Bonchev–Trinajstić information content (AvgIpc) is 1.94. The van der Waals surface area contributed by atoms with Gasteiger partial charge in [-0.3, -0.25) is 0 Å². The van der Waals surface area contributed by atoms with Gasteiger partial charge in [-0.1, -0.05) is 5.92 Å². The van der Waals surface area contributed by atoms with Crippen LogP contribution >= 0.6 is 15.9 Å². The number of terminal acetylenes is 1. The van der Waals surface area contributed by atoms with Crippen LogP contribution in [0.15, 0.2) is 22.7 Å². The zero-order chi connectivity index (χ0) is 7.56. The molecule has 0 aliphatic heterocycles. The lowest BCUT2D eigenvalue weighted by atomic mass is 10.2. The summed E-state index contributed by atoms with van der Waals surface area (Å²) in [7, 11) is 0. The van der Waals surface area contributed by atoms with E-state index < -0.39 is 0 Å². The van der Waals surface area contributed by atoms with Gasteiger partial charge in [0.1, 0.15) is 5.82 Å². The molecule has 50 valence electrons. The van der Waals surface area contributed by atoms with Gasteiger partial charge in [0.05, 0.1) is 0 Å². The summed E-state index contributed by atoms with van der Waals surface area (Å²) >= 11 is 3.18. The Bertz CT molecular complexity index is 286. The third-order valence-corrected chi connectivity index (χ3v) is 1.78. The highest BCUT2D eigenvalue weighted by Gasteiger charge is 1.96. The zero-order valence-corrected chi connectivity index (χ0v) is 6.65. The van der Waals surface area contributed by atoms with Crippen LogP contribution in [0.4, 0.5) is 4.39 Å². The fourth-order valence-electron chi connectivity index (χ4n) is 0.608. The summed E-state index contributed by atoms with van der Waals surface area (Å²) in [4.78, 5) is 0. The van der Waals surface area contributed by atoms with Gasteiger partial charge in [-0.05, 0) is 34.1 Å². The van der Waals surface area contributed by atoms with Gasteiger partial charge in [0.15, 0.2) is 0 Å². The second-order valence-corrected chi connectivity index (χ2v) is 2.62. The second kappa shape index (κ2) is 2.85. The van der Waals surface area contributed by atoms with Gasteiger partial charge < -0.3 is 0 Å². The van der Waals surface area contributed by atoms with Gasteiger partial charge in [0, 0.05) is 10.0 Å². The van der Waals surface area contributed by atoms with Crippen LogP contribution in [0, 0.1) is 18.2 Å². The lowest BCUT2D eigenvalue weighted by Crippen LogP contribution is -1.78. The molecular weight excluding hydrogens is 195 g/mol. The molecule has 0 atom stereocenters. The Labute approximate surface area is 67.2 Å². The van der Waals surface area contributed by atoms with Gasteiger partial charge in [0.2, 0.25) is 0 Å². The molecule has 10 heavy (non-hydrogen) atoms. The summed E-state index contributed by atoms with van der Waals surface area (Å²) in [5.74, 6) is 2.04. The summed E-state index contributed by atoms with van der Waals surface area (Å²) in [6, 6.07) is 4.25. The van der Waals surface area contributed by atoms with Crippen LogP contribution in [0.3, 0.4) is 0 Å². The van der Waals surface area contributed by atoms with E-state index in [9.17, 15) is 4.39 Å². The standard InChI is InChI=1S/C8H4BrF/c1-2-6-5-7(10)3-4-8(6)9/h1,3-5H. The minimum atomic E-state index is -0.309. The molecule has 0 spiro atoms. The van der Waals surface area contributed by atoms with Crippen molar-refractivity contribution in [3.05, 3.63) is 34.1 Å². The van der Waals surface area contributed by atoms with Crippen molar-refractivity contribution in [2.45, 2.75) is 0 Å². The van der Waals surface area contributed by atoms with Crippen molar-refractivity contribution in [1.82, 2.24) is 0 Å². The van der Waals surface area contributed by atoms with Crippen LogP contribution in [-0.4, -0.2) is 0 Å². The maximum atomic E-state index is 12.4. The van der Waals surface area contributed by atoms with Crippen LogP contribution in [0.5, 0.6) is 0 Å². The van der Waals surface area contributed by atoms with E-state index in [-0.39, 0.29) is 5.82 Å². The van der Waals surface area contributed by atoms with Crippen LogP contribution in [0.1, 0.15) is 5.56 Å². The Morgan fingerprint density at radius 3 is 2.70 bits per heavy atom. The minimum absolute atomic E-state index is 0.309. The topological polar surface area (TPSA) is 0 Å². The van der Waals surface area contributed by atoms with E-state index in [1.54, 1.807) is 6.07 Å². The molecule has 0 aliphatic carbocycles. The molecule has 0 radical (unpaired) electrons. The first-order valence-corrected chi connectivity index (χ1v) is 3.45. The Hall–Kier alpha value is -0.810. The Morgan fingerprint density at radius 2 is 2.20 bits per heavy atom. The van der Waals surface area contributed by atoms with Gasteiger partial charge in [0.25, 0.3) is 0 Å². The van der Waals surface area contributed by atoms with Crippen molar-refractivity contribution >= 4 is 15.9 Å². The van der Waals surface area contributed by atoms with Gasteiger partial charge >= 0.3 is 0 Å². The predicted octanol–water partition coefficient (Wildman–Crippen LogP) is 2.57.